The van der Waals surface area contributed by atoms with Crippen molar-refractivity contribution >= 4 is 17.2 Å². The molecule has 1 aromatic carbocycles. The fourth-order valence-corrected chi connectivity index (χ4v) is 1.96. The highest BCUT2D eigenvalue weighted by atomic mass is 16.2. The van der Waals surface area contributed by atoms with Crippen molar-refractivity contribution in [2.75, 3.05) is 5.32 Å². The van der Waals surface area contributed by atoms with Crippen molar-refractivity contribution in [3.63, 3.8) is 0 Å². The van der Waals surface area contributed by atoms with E-state index in [4.69, 9.17) is 6.42 Å². The van der Waals surface area contributed by atoms with Gasteiger partial charge < -0.3 is 5.32 Å². The Hall–Kier alpha value is -3.13. The highest BCUT2D eigenvalue weighted by Crippen LogP contribution is 2.12. The monoisotopic (exact) mass is 276 g/mol. The van der Waals surface area contributed by atoms with Crippen molar-refractivity contribution in [1.29, 1.82) is 0 Å². The molecule has 5 heteroatoms. The third-order valence-corrected chi connectivity index (χ3v) is 3.04. The molecule has 1 amide bonds. The molecule has 1 N–H and O–H groups in total. The maximum Gasteiger partial charge on any atom is 0.276 e. The minimum Gasteiger partial charge on any atom is -0.321 e. The van der Waals surface area contributed by atoms with Crippen LogP contribution in [0.2, 0.25) is 0 Å². The van der Waals surface area contributed by atoms with Gasteiger partial charge in [-0.2, -0.15) is 5.10 Å². The van der Waals surface area contributed by atoms with Crippen LogP contribution in [-0.2, 0) is 0 Å². The van der Waals surface area contributed by atoms with Gasteiger partial charge in [-0.15, -0.1) is 6.42 Å². The summed E-state index contributed by atoms with van der Waals surface area (Å²) in [6.07, 6.45) is 6.80. The van der Waals surface area contributed by atoms with Crippen LogP contribution in [0, 0.1) is 19.3 Å². The molecule has 3 rings (SSSR count). The van der Waals surface area contributed by atoms with Crippen molar-refractivity contribution in [2.24, 2.45) is 0 Å². The van der Waals surface area contributed by atoms with Gasteiger partial charge in [0.1, 0.15) is 0 Å². The number of hydrogen-bond donors (Lipinski definition) is 1. The molecular weight excluding hydrogens is 264 g/mol. The van der Waals surface area contributed by atoms with Gasteiger partial charge in [0.05, 0.1) is 11.9 Å². The third-order valence-electron chi connectivity index (χ3n) is 3.04. The molecule has 0 aliphatic carbocycles. The van der Waals surface area contributed by atoms with E-state index in [1.807, 2.05) is 19.1 Å². The molecule has 0 atom stereocenters. The molecule has 3 aromatic rings. The Balaban J connectivity index is 1.90. The summed E-state index contributed by atoms with van der Waals surface area (Å²) in [5.74, 6) is 2.26. The van der Waals surface area contributed by atoms with Gasteiger partial charge in [-0.3, -0.25) is 4.79 Å². The molecular formula is C16H12N4O. The lowest BCUT2D eigenvalue weighted by atomic mass is 10.2. The average Bonchev–Trinajstić information content (AvgIpc) is 2.91. The van der Waals surface area contributed by atoms with Crippen LogP contribution in [-0.4, -0.2) is 20.5 Å². The number of rotatable bonds is 2. The number of carbonyl (C=O) groups excluding carboxylic acids is 1. The quantitative estimate of drug-likeness (QED) is 0.730. The van der Waals surface area contributed by atoms with Crippen LogP contribution >= 0.6 is 0 Å². The zero-order valence-corrected chi connectivity index (χ0v) is 11.4. The van der Waals surface area contributed by atoms with Crippen LogP contribution in [0.1, 0.15) is 21.7 Å². The first-order valence-electron chi connectivity index (χ1n) is 6.37. The Morgan fingerprint density at radius 1 is 1.24 bits per heavy atom. The van der Waals surface area contributed by atoms with Gasteiger partial charge >= 0.3 is 0 Å². The van der Waals surface area contributed by atoms with E-state index in [-0.39, 0.29) is 5.91 Å². The zero-order chi connectivity index (χ0) is 14.8. The summed E-state index contributed by atoms with van der Waals surface area (Å²) in [6, 6.07) is 10.7. The maximum atomic E-state index is 12.3. The van der Waals surface area contributed by atoms with Crippen molar-refractivity contribution in [1.82, 2.24) is 14.6 Å². The van der Waals surface area contributed by atoms with E-state index >= 15 is 0 Å². The van der Waals surface area contributed by atoms with E-state index in [1.165, 1.54) is 10.7 Å². The fourth-order valence-electron chi connectivity index (χ4n) is 1.96. The number of benzene rings is 1. The number of aryl methyl sites for hydroxylation is 1. The summed E-state index contributed by atoms with van der Waals surface area (Å²) < 4.78 is 1.53. The molecule has 5 nitrogen and oxygen atoms in total. The molecule has 0 unspecified atom stereocenters. The van der Waals surface area contributed by atoms with Gasteiger partial charge in [0.25, 0.3) is 5.91 Å². The first-order valence-corrected chi connectivity index (χ1v) is 6.37. The third kappa shape index (κ3) is 2.47. The van der Waals surface area contributed by atoms with E-state index in [9.17, 15) is 4.79 Å². The summed E-state index contributed by atoms with van der Waals surface area (Å²) in [6.45, 7) is 1.86. The number of nitrogens with one attached hydrogen (secondary N) is 1. The summed E-state index contributed by atoms with van der Waals surface area (Å²) in [5.41, 5.74) is 3.26. The highest BCUT2D eigenvalue weighted by Gasteiger charge is 2.13. The van der Waals surface area contributed by atoms with E-state index in [0.717, 1.165) is 11.3 Å². The standard InChI is InChI=1S/C16H12N4O/c1-3-12-5-7-13(8-6-12)18-16(21)14-10-17-15-9-4-11(2)19-20(14)15/h1,4-10H,2H3,(H,18,21). The van der Waals surface area contributed by atoms with Gasteiger partial charge in [-0.1, -0.05) is 5.92 Å². The van der Waals surface area contributed by atoms with Gasteiger partial charge in [0.2, 0.25) is 0 Å². The van der Waals surface area contributed by atoms with Crippen LogP contribution in [0.5, 0.6) is 0 Å². The van der Waals surface area contributed by atoms with Crippen LogP contribution in [0.25, 0.3) is 5.65 Å². The lowest BCUT2D eigenvalue weighted by Gasteiger charge is -2.05. The van der Waals surface area contributed by atoms with Crippen molar-refractivity contribution < 1.29 is 4.79 Å². The number of carbonyl (C=O) groups is 1. The molecule has 102 valence electrons. The first-order chi connectivity index (χ1) is 10.2. The molecule has 2 heterocycles. The van der Waals surface area contributed by atoms with E-state index < -0.39 is 0 Å². The van der Waals surface area contributed by atoms with Gasteiger partial charge in [-0.25, -0.2) is 9.50 Å². The van der Waals surface area contributed by atoms with Crippen molar-refractivity contribution in [3.05, 3.63) is 59.5 Å². The van der Waals surface area contributed by atoms with Gasteiger partial charge in [0.15, 0.2) is 11.3 Å². The van der Waals surface area contributed by atoms with Crippen LogP contribution < -0.4 is 5.32 Å². The molecule has 0 bridgehead atoms. The molecule has 21 heavy (non-hydrogen) atoms. The Morgan fingerprint density at radius 2 is 2.00 bits per heavy atom. The predicted octanol–water partition coefficient (Wildman–Crippen LogP) is 2.27. The molecule has 0 radical (unpaired) electrons. The molecule has 0 saturated heterocycles. The van der Waals surface area contributed by atoms with Crippen molar-refractivity contribution in [3.8, 4) is 12.3 Å². The minimum atomic E-state index is -0.269. The molecule has 0 aliphatic rings. The van der Waals surface area contributed by atoms with Crippen LogP contribution in [0.15, 0.2) is 42.6 Å². The van der Waals surface area contributed by atoms with Gasteiger partial charge in [-0.05, 0) is 43.3 Å². The van der Waals surface area contributed by atoms with Crippen LogP contribution in [0.3, 0.4) is 0 Å². The zero-order valence-electron chi connectivity index (χ0n) is 11.4. The second-order valence-corrected chi connectivity index (χ2v) is 4.56. The largest absolute Gasteiger partial charge is 0.321 e. The first kappa shape index (κ1) is 12.9. The summed E-state index contributed by atoms with van der Waals surface area (Å²) in [7, 11) is 0. The number of hydrogen-bond acceptors (Lipinski definition) is 3. The smallest absolute Gasteiger partial charge is 0.276 e. The number of nitrogens with zero attached hydrogens (tertiary/aromatic N) is 3. The lowest BCUT2D eigenvalue weighted by Crippen LogP contribution is -2.15. The van der Waals surface area contributed by atoms with E-state index in [0.29, 0.717) is 17.0 Å². The number of aromatic nitrogens is 3. The summed E-state index contributed by atoms with van der Waals surface area (Å²) in [5, 5.41) is 7.09. The van der Waals surface area contributed by atoms with E-state index in [2.05, 4.69) is 21.3 Å². The van der Waals surface area contributed by atoms with E-state index in [1.54, 1.807) is 24.3 Å². The Kier molecular flexibility index (Phi) is 3.13. The van der Waals surface area contributed by atoms with Gasteiger partial charge in [0, 0.05) is 11.3 Å². The number of fused-ring (bicyclic) bond motifs is 1. The molecule has 0 saturated carbocycles. The second-order valence-electron chi connectivity index (χ2n) is 4.56. The Labute approximate surface area is 121 Å². The summed E-state index contributed by atoms with van der Waals surface area (Å²) in [4.78, 5) is 16.5. The Morgan fingerprint density at radius 3 is 2.71 bits per heavy atom. The second kappa shape index (κ2) is 5.10. The van der Waals surface area contributed by atoms with Crippen molar-refractivity contribution in [2.45, 2.75) is 6.92 Å². The predicted molar refractivity (Wildman–Crippen MR) is 80.1 cm³/mol. The van der Waals surface area contributed by atoms with Crippen LogP contribution in [0.4, 0.5) is 5.69 Å². The highest BCUT2D eigenvalue weighted by molar-refractivity contribution is 6.03. The minimum absolute atomic E-state index is 0.269. The topological polar surface area (TPSA) is 59.3 Å². The Bertz CT molecular complexity index is 856. The lowest BCUT2D eigenvalue weighted by molar-refractivity contribution is 0.102. The molecule has 0 fully saturated rings. The number of terminal acetylenes is 1. The molecule has 2 aromatic heterocycles. The molecule has 0 spiro atoms. The normalized spacial score (nSPS) is 10.3. The number of amides is 1. The fraction of sp³-hybridized carbons (Fsp3) is 0.0625. The number of imidazole rings is 1. The molecule has 0 aliphatic heterocycles. The average molecular weight is 276 g/mol. The summed E-state index contributed by atoms with van der Waals surface area (Å²) >= 11 is 0. The maximum absolute atomic E-state index is 12.3. The number of anilines is 1. The SMILES string of the molecule is C#Cc1ccc(NC(=O)c2cnc3ccc(C)nn23)cc1.